The summed E-state index contributed by atoms with van der Waals surface area (Å²) in [5.41, 5.74) is 2.13. The molecule has 1 N–H and O–H groups in total. The van der Waals surface area contributed by atoms with Gasteiger partial charge in [0.1, 0.15) is 6.04 Å². The molecule has 1 aromatic heterocycles. The second-order valence-electron chi connectivity index (χ2n) is 4.81. The van der Waals surface area contributed by atoms with Gasteiger partial charge in [-0.1, -0.05) is 19.1 Å². The number of aromatic nitrogens is 2. The van der Waals surface area contributed by atoms with Gasteiger partial charge in [0, 0.05) is 24.6 Å². The number of hydrogen-bond acceptors (Lipinski definition) is 3. The maximum Gasteiger partial charge on any atom is 0.320 e. The van der Waals surface area contributed by atoms with Gasteiger partial charge >= 0.3 is 5.97 Å². The summed E-state index contributed by atoms with van der Waals surface area (Å²) in [6.45, 7) is 2.51. The Labute approximate surface area is 118 Å². The molecule has 2 rings (SSSR count). The van der Waals surface area contributed by atoms with Crippen molar-refractivity contribution in [2.75, 3.05) is 7.05 Å². The van der Waals surface area contributed by atoms with Crippen LogP contribution in [0.4, 0.5) is 0 Å². The first-order chi connectivity index (χ1) is 9.61. The summed E-state index contributed by atoms with van der Waals surface area (Å²) in [5, 5.41) is 9.14. The van der Waals surface area contributed by atoms with Crippen molar-refractivity contribution in [3.8, 4) is 5.69 Å². The maximum atomic E-state index is 11.1. The molecule has 0 radical (unpaired) electrons. The third-order valence-electron chi connectivity index (χ3n) is 3.37. The third-order valence-corrected chi connectivity index (χ3v) is 3.37. The summed E-state index contributed by atoms with van der Waals surface area (Å²) in [6.07, 6.45) is 5.97. The molecule has 2 aromatic rings. The Bertz CT molecular complexity index is 549. The molecular weight excluding hydrogens is 254 g/mol. The molecule has 5 heteroatoms. The molecule has 0 aliphatic carbocycles. The van der Waals surface area contributed by atoms with Crippen LogP contribution in [0.1, 0.15) is 18.9 Å². The number of likely N-dealkylation sites (N-methyl/N-ethyl adjacent to an activating group) is 1. The number of nitrogens with zero attached hydrogens (tertiary/aromatic N) is 3. The number of carboxylic acids is 1. The second kappa shape index (κ2) is 6.34. The average Bonchev–Trinajstić information content (AvgIpc) is 2.94. The van der Waals surface area contributed by atoms with Crippen molar-refractivity contribution in [2.24, 2.45) is 0 Å². The lowest BCUT2D eigenvalue weighted by Crippen LogP contribution is -2.37. The monoisotopic (exact) mass is 273 g/mol. The molecule has 1 aromatic carbocycles. The summed E-state index contributed by atoms with van der Waals surface area (Å²) < 4.78 is 1.93. The van der Waals surface area contributed by atoms with Crippen LogP contribution in [0.2, 0.25) is 0 Å². The van der Waals surface area contributed by atoms with Crippen LogP contribution in [0.15, 0.2) is 43.0 Å². The lowest BCUT2D eigenvalue weighted by Gasteiger charge is -2.23. The van der Waals surface area contributed by atoms with E-state index in [0.29, 0.717) is 13.0 Å². The molecule has 0 saturated carbocycles. The van der Waals surface area contributed by atoms with Crippen molar-refractivity contribution in [1.29, 1.82) is 0 Å². The van der Waals surface area contributed by atoms with E-state index >= 15 is 0 Å². The molecule has 0 spiro atoms. The molecule has 0 aliphatic heterocycles. The summed E-state index contributed by atoms with van der Waals surface area (Å²) in [7, 11) is 1.84. The van der Waals surface area contributed by atoms with Crippen LogP contribution in [0.25, 0.3) is 5.69 Å². The number of hydrogen-bond donors (Lipinski definition) is 1. The zero-order chi connectivity index (χ0) is 14.5. The van der Waals surface area contributed by atoms with Crippen LogP contribution in [-0.4, -0.2) is 38.6 Å². The number of rotatable bonds is 6. The molecular formula is C15H19N3O2. The second-order valence-corrected chi connectivity index (χ2v) is 4.81. The molecule has 1 atom stereocenters. The van der Waals surface area contributed by atoms with Crippen molar-refractivity contribution in [1.82, 2.24) is 14.5 Å². The Hall–Kier alpha value is -2.14. The van der Waals surface area contributed by atoms with Gasteiger partial charge < -0.3 is 9.67 Å². The Morgan fingerprint density at radius 1 is 1.40 bits per heavy atom. The van der Waals surface area contributed by atoms with Crippen molar-refractivity contribution >= 4 is 5.97 Å². The summed E-state index contributed by atoms with van der Waals surface area (Å²) in [5.74, 6) is -0.773. The van der Waals surface area contributed by atoms with Gasteiger partial charge in [-0.3, -0.25) is 9.69 Å². The van der Waals surface area contributed by atoms with Gasteiger partial charge in [-0.15, -0.1) is 0 Å². The highest BCUT2D eigenvalue weighted by Gasteiger charge is 2.20. The van der Waals surface area contributed by atoms with Gasteiger partial charge in [0.15, 0.2) is 0 Å². The van der Waals surface area contributed by atoms with Gasteiger partial charge in [0.25, 0.3) is 0 Å². The SMILES string of the molecule is CCC(C(=O)O)N(C)Cc1ccc(-n2ccnc2)cc1. The van der Waals surface area contributed by atoms with Crippen LogP contribution in [-0.2, 0) is 11.3 Å². The Morgan fingerprint density at radius 3 is 2.60 bits per heavy atom. The van der Waals surface area contributed by atoms with E-state index in [1.54, 1.807) is 12.5 Å². The first-order valence-electron chi connectivity index (χ1n) is 6.62. The first-order valence-corrected chi connectivity index (χ1v) is 6.62. The molecule has 0 fully saturated rings. The zero-order valence-electron chi connectivity index (χ0n) is 11.7. The maximum absolute atomic E-state index is 11.1. The van der Waals surface area contributed by atoms with Crippen LogP contribution < -0.4 is 0 Å². The third kappa shape index (κ3) is 3.24. The molecule has 5 nitrogen and oxygen atoms in total. The highest BCUT2D eigenvalue weighted by Crippen LogP contribution is 2.13. The molecule has 20 heavy (non-hydrogen) atoms. The van der Waals surface area contributed by atoms with Gasteiger partial charge in [-0.25, -0.2) is 4.98 Å². The lowest BCUT2D eigenvalue weighted by molar-refractivity contribution is -0.143. The zero-order valence-corrected chi connectivity index (χ0v) is 11.7. The summed E-state index contributed by atoms with van der Waals surface area (Å²) >= 11 is 0. The molecule has 106 valence electrons. The highest BCUT2D eigenvalue weighted by atomic mass is 16.4. The van der Waals surface area contributed by atoms with E-state index in [1.807, 2.05) is 53.9 Å². The van der Waals surface area contributed by atoms with Crippen molar-refractivity contribution in [2.45, 2.75) is 25.9 Å². The number of aliphatic carboxylic acids is 1. The van der Waals surface area contributed by atoms with E-state index in [9.17, 15) is 4.79 Å². The van der Waals surface area contributed by atoms with Crippen molar-refractivity contribution in [3.63, 3.8) is 0 Å². The van der Waals surface area contributed by atoms with Crippen LogP contribution in [0.5, 0.6) is 0 Å². The summed E-state index contributed by atoms with van der Waals surface area (Å²) in [6, 6.07) is 7.60. The highest BCUT2D eigenvalue weighted by molar-refractivity contribution is 5.73. The van der Waals surface area contributed by atoms with Gasteiger partial charge in [0.05, 0.1) is 6.33 Å². The minimum atomic E-state index is -0.773. The molecule has 1 unspecified atom stereocenters. The average molecular weight is 273 g/mol. The van der Waals surface area contributed by atoms with Crippen LogP contribution in [0.3, 0.4) is 0 Å². The molecule has 0 aliphatic rings. The van der Waals surface area contributed by atoms with Gasteiger partial charge in [0.2, 0.25) is 0 Å². The van der Waals surface area contributed by atoms with E-state index in [1.165, 1.54) is 0 Å². The molecule has 0 bridgehead atoms. The predicted octanol–water partition coefficient (Wildman–Crippen LogP) is 2.17. The van der Waals surface area contributed by atoms with Crippen LogP contribution in [0, 0.1) is 0 Å². The van der Waals surface area contributed by atoms with Gasteiger partial charge in [-0.05, 0) is 31.2 Å². The summed E-state index contributed by atoms with van der Waals surface area (Å²) in [4.78, 5) is 17.0. The Balaban J connectivity index is 2.05. The van der Waals surface area contributed by atoms with E-state index in [2.05, 4.69) is 4.98 Å². The molecule has 0 amide bonds. The van der Waals surface area contributed by atoms with E-state index < -0.39 is 12.0 Å². The largest absolute Gasteiger partial charge is 0.480 e. The Morgan fingerprint density at radius 2 is 2.10 bits per heavy atom. The van der Waals surface area contributed by atoms with E-state index in [-0.39, 0.29) is 0 Å². The fourth-order valence-electron chi connectivity index (χ4n) is 2.26. The number of benzene rings is 1. The Kier molecular flexibility index (Phi) is 4.53. The normalized spacial score (nSPS) is 12.6. The minimum absolute atomic E-state index is 0.441. The van der Waals surface area contributed by atoms with E-state index in [0.717, 1.165) is 11.3 Å². The minimum Gasteiger partial charge on any atom is -0.480 e. The number of carbonyl (C=O) groups is 1. The number of carboxylic acid groups (broad SMARTS) is 1. The fraction of sp³-hybridized carbons (Fsp3) is 0.333. The van der Waals surface area contributed by atoms with Gasteiger partial charge in [-0.2, -0.15) is 0 Å². The fourth-order valence-corrected chi connectivity index (χ4v) is 2.26. The predicted molar refractivity (Wildman–Crippen MR) is 76.7 cm³/mol. The van der Waals surface area contributed by atoms with Crippen molar-refractivity contribution < 1.29 is 9.90 Å². The van der Waals surface area contributed by atoms with E-state index in [4.69, 9.17) is 5.11 Å². The lowest BCUT2D eigenvalue weighted by atomic mass is 10.1. The quantitative estimate of drug-likeness (QED) is 0.876. The molecule has 0 saturated heterocycles. The number of imidazole rings is 1. The standard InChI is InChI=1S/C15H19N3O2/c1-3-14(15(19)20)17(2)10-12-4-6-13(7-5-12)18-9-8-16-11-18/h4-9,11,14H,3,10H2,1-2H3,(H,19,20). The smallest absolute Gasteiger partial charge is 0.320 e. The van der Waals surface area contributed by atoms with Crippen LogP contribution >= 0.6 is 0 Å². The topological polar surface area (TPSA) is 58.4 Å². The first kappa shape index (κ1) is 14.3. The van der Waals surface area contributed by atoms with Crippen molar-refractivity contribution in [3.05, 3.63) is 48.5 Å². The molecule has 1 heterocycles.